The summed E-state index contributed by atoms with van der Waals surface area (Å²) in [7, 11) is 5.73. The average Bonchev–Trinajstić information content (AvgIpc) is 3.10. The first-order valence-corrected chi connectivity index (χ1v) is 12.9. The van der Waals surface area contributed by atoms with E-state index < -0.39 is 0 Å². The van der Waals surface area contributed by atoms with Crippen molar-refractivity contribution in [3.8, 4) is 5.75 Å². The van der Waals surface area contributed by atoms with Crippen LogP contribution in [0.3, 0.4) is 0 Å². The van der Waals surface area contributed by atoms with Crippen molar-refractivity contribution in [2.24, 2.45) is 0 Å². The highest BCUT2D eigenvalue weighted by atomic mass is 79.9. The second kappa shape index (κ2) is 11.3. The second-order valence-corrected chi connectivity index (χ2v) is 9.95. The zero-order valence-corrected chi connectivity index (χ0v) is 21.6. The lowest BCUT2D eigenvalue weighted by molar-refractivity contribution is 0.239. The van der Waals surface area contributed by atoms with Crippen LogP contribution in [-0.2, 0) is 0 Å². The Bertz CT molecular complexity index is 912. The molecule has 0 unspecified atom stereocenters. The number of nitrogens with zero attached hydrogens (tertiary/aromatic N) is 5. The third kappa shape index (κ3) is 6.06. The van der Waals surface area contributed by atoms with Crippen LogP contribution in [-0.4, -0.2) is 66.2 Å². The third-order valence-corrected chi connectivity index (χ3v) is 7.41. The SMILES string of the molecule is CNc1nc(Nc2ccc(OC)c(Br)c2)nc(N(C2CCCCCC2)C2CCN(C)CC2)n1. The van der Waals surface area contributed by atoms with Gasteiger partial charge in [0, 0.05) is 24.8 Å². The summed E-state index contributed by atoms with van der Waals surface area (Å²) >= 11 is 3.56. The number of ether oxygens (including phenoxy) is 1. The maximum atomic E-state index is 5.35. The molecule has 2 aliphatic rings. The lowest BCUT2D eigenvalue weighted by Gasteiger charge is -2.42. The predicted molar refractivity (Wildman–Crippen MR) is 138 cm³/mol. The Morgan fingerprint density at radius 2 is 1.64 bits per heavy atom. The fourth-order valence-electron chi connectivity index (χ4n) is 4.96. The summed E-state index contributed by atoms with van der Waals surface area (Å²) in [5.74, 6) is 2.70. The average molecular weight is 519 g/mol. The van der Waals surface area contributed by atoms with Gasteiger partial charge in [-0.05, 0) is 79.9 Å². The van der Waals surface area contributed by atoms with E-state index >= 15 is 0 Å². The molecular weight excluding hydrogens is 482 g/mol. The first-order valence-electron chi connectivity index (χ1n) is 12.1. The Kier molecular flexibility index (Phi) is 8.25. The fraction of sp³-hybridized carbons (Fsp3) is 0.625. The Balaban J connectivity index is 1.66. The Labute approximate surface area is 205 Å². The molecule has 0 atom stereocenters. The number of aromatic nitrogens is 3. The van der Waals surface area contributed by atoms with E-state index in [2.05, 4.69) is 48.4 Å². The molecule has 180 valence electrons. The van der Waals surface area contributed by atoms with Crippen LogP contribution in [0.4, 0.5) is 23.5 Å². The number of nitrogens with one attached hydrogen (secondary N) is 2. The largest absolute Gasteiger partial charge is 0.496 e. The lowest BCUT2D eigenvalue weighted by Crippen LogP contribution is -2.49. The smallest absolute Gasteiger partial charge is 0.233 e. The number of methoxy groups -OCH3 is 1. The molecule has 0 amide bonds. The third-order valence-electron chi connectivity index (χ3n) is 6.79. The summed E-state index contributed by atoms with van der Waals surface area (Å²) in [5, 5.41) is 6.51. The van der Waals surface area contributed by atoms with Crippen molar-refractivity contribution < 1.29 is 4.74 Å². The Morgan fingerprint density at radius 3 is 2.27 bits per heavy atom. The molecule has 0 spiro atoms. The lowest BCUT2D eigenvalue weighted by atomic mass is 9.98. The van der Waals surface area contributed by atoms with E-state index in [1.165, 1.54) is 38.5 Å². The highest BCUT2D eigenvalue weighted by molar-refractivity contribution is 9.10. The Hall–Kier alpha value is -2.13. The molecule has 2 N–H and O–H groups in total. The van der Waals surface area contributed by atoms with E-state index in [9.17, 15) is 0 Å². The molecule has 33 heavy (non-hydrogen) atoms. The van der Waals surface area contributed by atoms with Crippen molar-refractivity contribution in [1.29, 1.82) is 0 Å². The monoisotopic (exact) mass is 517 g/mol. The van der Waals surface area contributed by atoms with Gasteiger partial charge in [0.1, 0.15) is 5.75 Å². The summed E-state index contributed by atoms with van der Waals surface area (Å²) in [6, 6.07) is 6.80. The summed E-state index contributed by atoms with van der Waals surface area (Å²) < 4.78 is 6.23. The number of rotatable bonds is 7. The van der Waals surface area contributed by atoms with Gasteiger partial charge in [0.25, 0.3) is 0 Å². The molecule has 2 heterocycles. The summed E-state index contributed by atoms with van der Waals surface area (Å²) in [5.41, 5.74) is 0.891. The van der Waals surface area contributed by atoms with Crippen LogP contribution >= 0.6 is 15.9 Å². The number of halogens is 1. The predicted octanol–water partition coefficient (Wildman–Crippen LogP) is 5.05. The van der Waals surface area contributed by atoms with Crippen molar-refractivity contribution in [3.63, 3.8) is 0 Å². The molecule has 9 heteroatoms. The molecule has 1 saturated heterocycles. The number of likely N-dealkylation sites (tertiary alicyclic amines) is 1. The molecule has 1 saturated carbocycles. The van der Waals surface area contributed by atoms with E-state index in [0.29, 0.717) is 24.0 Å². The van der Waals surface area contributed by atoms with Gasteiger partial charge in [-0.25, -0.2) is 0 Å². The van der Waals surface area contributed by atoms with Crippen LogP contribution in [0.25, 0.3) is 0 Å². The number of piperidine rings is 1. The molecule has 0 bridgehead atoms. The van der Waals surface area contributed by atoms with Crippen LogP contribution in [0.2, 0.25) is 0 Å². The number of benzene rings is 1. The quantitative estimate of drug-likeness (QED) is 0.493. The maximum absolute atomic E-state index is 5.35. The van der Waals surface area contributed by atoms with E-state index in [-0.39, 0.29) is 0 Å². The molecule has 2 fully saturated rings. The van der Waals surface area contributed by atoms with Crippen molar-refractivity contribution in [1.82, 2.24) is 19.9 Å². The minimum absolute atomic E-state index is 0.458. The number of anilines is 4. The minimum Gasteiger partial charge on any atom is -0.496 e. The zero-order chi connectivity index (χ0) is 23.2. The van der Waals surface area contributed by atoms with Gasteiger partial charge in [-0.1, -0.05) is 25.7 Å². The fourth-order valence-corrected chi connectivity index (χ4v) is 5.50. The van der Waals surface area contributed by atoms with Gasteiger partial charge in [-0.2, -0.15) is 15.0 Å². The highest BCUT2D eigenvalue weighted by Crippen LogP contribution is 2.32. The molecule has 1 aromatic heterocycles. The van der Waals surface area contributed by atoms with Crippen LogP contribution in [0.5, 0.6) is 5.75 Å². The van der Waals surface area contributed by atoms with Gasteiger partial charge >= 0.3 is 0 Å². The summed E-state index contributed by atoms with van der Waals surface area (Å²) in [4.78, 5) is 19.3. The molecule has 8 nitrogen and oxygen atoms in total. The van der Waals surface area contributed by atoms with E-state index in [0.717, 1.165) is 47.8 Å². The summed E-state index contributed by atoms with van der Waals surface area (Å²) in [6.07, 6.45) is 9.92. The standard InChI is InChI=1S/C24H36BrN7O/c1-26-22-28-23(27-17-10-11-21(33-3)20(25)16-17)30-24(29-22)32(18-8-6-4-5-7-9-18)19-12-14-31(2)15-13-19/h10-11,16,18-19H,4-9,12-15H2,1-3H3,(H2,26,27,28,29,30). The van der Waals surface area contributed by atoms with Gasteiger partial charge < -0.3 is 25.2 Å². The molecule has 2 aromatic rings. The van der Waals surface area contributed by atoms with Gasteiger partial charge in [-0.15, -0.1) is 0 Å². The second-order valence-electron chi connectivity index (χ2n) is 9.09. The van der Waals surface area contributed by atoms with Crippen LogP contribution in [0.15, 0.2) is 22.7 Å². The minimum atomic E-state index is 0.458. The van der Waals surface area contributed by atoms with Gasteiger partial charge in [0.05, 0.1) is 11.6 Å². The number of hydrogen-bond acceptors (Lipinski definition) is 8. The zero-order valence-electron chi connectivity index (χ0n) is 20.0. The molecule has 0 radical (unpaired) electrons. The molecule has 4 rings (SSSR count). The summed E-state index contributed by atoms with van der Waals surface area (Å²) in [6.45, 7) is 2.23. The molecular formula is C24H36BrN7O. The topological polar surface area (TPSA) is 78.4 Å². The Morgan fingerprint density at radius 1 is 0.970 bits per heavy atom. The number of hydrogen-bond donors (Lipinski definition) is 2. The van der Waals surface area contributed by atoms with Crippen molar-refractivity contribution in [3.05, 3.63) is 22.7 Å². The van der Waals surface area contributed by atoms with E-state index in [1.807, 2.05) is 25.2 Å². The van der Waals surface area contributed by atoms with Crippen molar-refractivity contribution in [2.75, 3.05) is 49.8 Å². The van der Waals surface area contributed by atoms with Gasteiger partial charge in [0.15, 0.2) is 0 Å². The molecule has 1 aromatic carbocycles. The van der Waals surface area contributed by atoms with Crippen LogP contribution in [0, 0.1) is 0 Å². The molecule has 1 aliphatic heterocycles. The van der Waals surface area contributed by atoms with Crippen LogP contribution < -0.4 is 20.3 Å². The van der Waals surface area contributed by atoms with E-state index in [4.69, 9.17) is 14.7 Å². The normalized spacial score (nSPS) is 18.5. The van der Waals surface area contributed by atoms with Crippen LogP contribution in [0.1, 0.15) is 51.4 Å². The maximum Gasteiger partial charge on any atom is 0.233 e. The van der Waals surface area contributed by atoms with Crippen molar-refractivity contribution >= 4 is 39.5 Å². The first kappa shape index (κ1) is 24.0. The van der Waals surface area contributed by atoms with Gasteiger partial charge in [0.2, 0.25) is 17.8 Å². The van der Waals surface area contributed by atoms with E-state index in [1.54, 1.807) is 7.11 Å². The van der Waals surface area contributed by atoms with Gasteiger partial charge in [-0.3, -0.25) is 0 Å². The van der Waals surface area contributed by atoms with Crippen molar-refractivity contribution in [2.45, 2.75) is 63.5 Å². The first-order chi connectivity index (χ1) is 16.1. The molecule has 1 aliphatic carbocycles. The highest BCUT2D eigenvalue weighted by Gasteiger charge is 2.32.